The van der Waals surface area contributed by atoms with E-state index in [-0.39, 0.29) is 5.69 Å². The van der Waals surface area contributed by atoms with E-state index >= 15 is 0 Å². The Balaban J connectivity index is 2.25. The number of carboxylic acid groups (broad SMARTS) is 2. The molecule has 0 heterocycles. The first-order valence-electron chi connectivity index (χ1n) is 6.83. The maximum absolute atomic E-state index is 12.9. The minimum absolute atomic E-state index is 0.127. The molecule has 0 aliphatic heterocycles. The lowest BCUT2D eigenvalue weighted by Gasteiger charge is -2.28. The van der Waals surface area contributed by atoms with Crippen molar-refractivity contribution in [2.45, 2.75) is 5.54 Å². The SMILES string of the molecule is O=C(O)C(CNc1ccc(F)cc1)(Nc1ccc(F)cc1)C(=O)O. The molecule has 0 saturated heterocycles. The van der Waals surface area contributed by atoms with Crippen LogP contribution in [0, 0.1) is 11.6 Å². The van der Waals surface area contributed by atoms with Crippen molar-refractivity contribution in [3.05, 3.63) is 60.2 Å². The van der Waals surface area contributed by atoms with E-state index in [4.69, 9.17) is 0 Å². The lowest BCUT2D eigenvalue weighted by atomic mass is 9.99. The summed E-state index contributed by atoms with van der Waals surface area (Å²) in [5, 5.41) is 23.9. The molecule has 24 heavy (non-hydrogen) atoms. The Morgan fingerprint density at radius 3 is 1.67 bits per heavy atom. The van der Waals surface area contributed by atoms with E-state index in [0.29, 0.717) is 5.69 Å². The van der Waals surface area contributed by atoms with E-state index < -0.39 is 35.7 Å². The second kappa shape index (κ2) is 6.95. The first kappa shape index (κ1) is 17.2. The van der Waals surface area contributed by atoms with E-state index in [0.717, 1.165) is 24.3 Å². The fraction of sp³-hybridized carbons (Fsp3) is 0.125. The van der Waals surface area contributed by atoms with Gasteiger partial charge in [-0.1, -0.05) is 0 Å². The molecule has 8 heteroatoms. The lowest BCUT2D eigenvalue weighted by molar-refractivity contribution is -0.154. The van der Waals surface area contributed by atoms with Gasteiger partial charge in [0.25, 0.3) is 5.54 Å². The average Bonchev–Trinajstić information content (AvgIpc) is 2.54. The molecule has 0 spiro atoms. The molecule has 2 rings (SSSR count). The van der Waals surface area contributed by atoms with Crippen molar-refractivity contribution in [1.82, 2.24) is 0 Å². The van der Waals surface area contributed by atoms with Gasteiger partial charge in [0.1, 0.15) is 11.6 Å². The number of rotatable bonds is 7. The first-order valence-corrected chi connectivity index (χ1v) is 6.83. The summed E-state index contributed by atoms with van der Waals surface area (Å²) in [5.41, 5.74) is -1.92. The molecule has 0 unspecified atom stereocenters. The molecule has 2 aromatic rings. The van der Waals surface area contributed by atoms with Crippen LogP contribution in [0.2, 0.25) is 0 Å². The Bertz CT molecular complexity index is 719. The minimum atomic E-state index is -2.40. The number of carbonyl (C=O) groups is 2. The second-order valence-electron chi connectivity index (χ2n) is 5.01. The molecule has 0 amide bonds. The molecule has 0 aliphatic rings. The normalized spacial score (nSPS) is 10.9. The summed E-state index contributed by atoms with van der Waals surface area (Å²) in [6.07, 6.45) is 0. The predicted octanol–water partition coefficient (Wildman–Crippen LogP) is 2.40. The van der Waals surface area contributed by atoms with Crippen LogP contribution < -0.4 is 10.6 Å². The van der Waals surface area contributed by atoms with Crippen LogP contribution >= 0.6 is 0 Å². The topological polar surface area (TPSA) is 98.7 Å². The zero-order valence-corrected chi connectivity index (χ0v) is 12.3. The largest absolute Gasteiger partial charge is 0.479 e. The molecule has 0 saturated carbocycles. The third-order valence-corrected chi connectivity index (χ3v) is 3.33. The lowest BCUT2D eigenvalue weighted by Crippen LogP contribution is -2.58. The van der Waals surface area contributed by atoms with Gasteiger partial charge < -0.3 is 20.8 Å². The van der Waals surface area contributed by atoms with Gasteiger partial charge in [0.05, 0.1) is 6.54 Å². The molecular weight excluding hydrogens is 322 g/mol. The van der Waals surface area contributed by atoms with E-state index in [1.165, 1.54) is 24.3 Å². The second-order valence-corrected chi connectivity index (χ2v) is 5.01. The highest BCUT2D eigenvalue weighted by atomic mass is 19.1. The standard InChI is InChI=1S/C16H14F2N2O4/c17-10-1-5-12(6-2-10)19-9-16(14(21)22,15(23)24)20-13-7-3-11(18)4-8-13/h1-8,19-20H,9H2,(H,21,22)(H,23,24). The quantitative estimate of drug-likeness (QED) is 0.580. The number of aliphatic carboxylic acids is 2. The molecule has 0 atom stereocenters. The number of hydrogen-bond donors (Lipinski definition) is 4. The monoisotopic (exact) mass is 336 g/mol. The number of nitrogens with one attached hydrogen (secondary N) is 2. The molecular formula is C16H14F2N2O4. The van der Waals surface area contributed by atoms with Crippen molar-refractivity contribution < 1.29 is 28.6 Å². The molecule has 126 valence electrons. The van der Waals surface area contributed by atoms with Gasteiger partial charge in [-0.3, -0.25) is 0 Å². The van der Waals surface area contributed by atoms with Crippen molar-refractivity contribution in [1.29, 1.82) is 0 Å². The fourth-order valence-corrected chi connectivity index (χ4v) is 1.98. The average molecular weight is 336 g/mol. The summed E-state index contributed by atoms with van der Waals surface area (Å²) < 4.78 is 25.8. The Labute approximate surface area is 135 Å². The van der Waals surface area contributed by atoms with Crippen LogP contribution in [0.4, 0.5) is 20.2 Å². The highest BCUT2D eigenvalue weighted by Gasteiger charge is 2.47. The summed E-state index contributed by atoms with van der Waals surface area (Å²) in [6.45, 7) is -0.527. The van der Waals surface area contributed by atoms with Crippen LogP contribution in [0.1, 0.15) is 0 Å². The smallest absolute Gasteiger partial charge is 0.343 e. The van der Waals surface area contributed by atoms with Crippen molar-refractivity contribution in [2.75, 3.05) is 17.2 Å². The maximum Gasteiger partial charge on any atom is 0.343 e. The number of halogens is 2. The molecule has 0 aliphatic carbocycles. The molecule has 2 aromatic carbocycles. The summed E-state index contributed by atoms with van der Waals surface area (Å²) in [5.74, 6) is -4.28. The number of carboxylic acids is 2. The highest BCUT2D eigenvalue weighted by molar-refractivity contribution is 6.07. The zero-order chi connectivity index (χ0) is 17.7. The third-order valence-electron chi connectivity index (χ3n) is 3.33. The van der Waals surface area contributed by atoms with Gasteiger partial charge in [0.15, 0.2) is 0 Å². The first-order chi connectivity index (χ1) is 11.3. The minimum Gasteiger partial charge on any atom is -0.479 e. The van der Waals surface area contributed by atoms with Crippen molar-refractivity contribution in [2.24, 2.45) is 0 Å². The zero-order valence-electron chi connectivity index (χ0n) is 12.3. The Morgan fingerprint density at radius 2 is 1.25 bits per heavy atom. The molecule has 0 fully saturated rings. The van der Waals surface area contributed by atoms with Crippen molar-refractivity contribution in [3.63, 3.8) is 0 Å². The highest BCUT2D eigenvalue weighted by Crippen LogP contribution is 2.19. The van der Waals surface area contributed by atoms with Crippen LogP contribution in [-0.2, 0) is 9.59 Å². The van der Waals surface area contributed by atoms with E-state index in [1.807, 2.05) is 0 Å². The Morgan fingerprint density at radius 1 is 0.833 bits per heavy atom. The van der Waals surface area contributed by atoms with Gasteiger partial charge in [-0.2, -0.15) is 0 Å². The third kappa shape index (κ3) is 3.78. The number of hydrogen-bond acceptors (Lipinski definition) is 4. The van der Waals surface area contributed by atoms with E-state index in [2.05, 4.69) is 10.6 Å². The van der Waals surface area contributed by atoms with Gasteiger partial charge in [-0.15, -0.1) is 0 Å². The molecule has 0 bridgehead atoms. The van der Waals surface area contributed by atoms with Crippen molar-refractivity contribution in [3.8, 4) is 0 Å². The van der Waals surface area contributed by atoms with Crippen LogP contribution in [0.5, 0.6) is 0 Å². The number of benzene rings is 2. The molecule has 4 N–H and O–H groups in total. The van der Waals surface area contributed by atoms with Gasteiger partial charge >= 0.3 is 11.9 Å². The van der Waals surface area contributed by atoms with Crippen LogP contribution in [-0.4, -0.2) is 34.2 Å². The van der Waals surface area contributed by atoms with Gasteiger partial charge in [0.2, 0.25) is 0 Å². The molecule has 0 radical (unpaired) electrons. The van der Waals surface area contributed by atoms with Crippen LogP contribution in [0.15, 0.2) is 48.5 Å². The molecule has 6 nitrogen and oxygen atoms in total. The van der Waals surface area contributed by atoms with E-state index in [9.17, 15) is 28.6 Å². The van der Waals surface area contributed by atoms with Gasteiger partial charge in [-0.25, -0.2) is 18.4 Å². The van der Waals surface area contributed by atoms with Crippen molar-refractivity contribution >= 4 is 23.3 Å². The molecule has 0 aromatic heterocycles. The maximum atomic E-state index is 12.9. The Hall–Kier alpha value is -3.16. The van der Waals surface area contributed by atoms with Gasteiger partial charge in [0, 0.05) is 11.4 Å². The van der Waals surface area contributed by atoms with Crippen LogP contribution in [0.3, 0.4) is 0 Å². The van der Waals surface area contributed by atoms with Crippen LogP contribution in [0.25, 0.3) is 0 Å². The Kier molecular flexibility index (Phi) is 4.98. The summed E-state index contributed by atoms with van der Waals surface area (Å²) in [7, 11) is 0. The fourth-order valence-electron chi connectivity index (χ4n) is 1.98. The van der Waals surface area contributed by atoms with Gasteiger partial charge in [-0.05, 0) is 48.5 Å². The summed E-state index contributed by atoms with van der Waals surface area (Å²) in [4.78, 5) is 23.2. The summed E-state index contributed by atoms with van der Waals surface area (Å²) in [6, 6.07) is 9.61. The predicted molar refractivity (Wildman–Crippen MR) is 82.9 cm³/mol. The van der Waals surface area contributed by atoms with E-state index in [1.54, 1.807) is 0 Å². The summed E-state index contributed by atoms with van der Waals surface area (Å²) >= 11 is 0. The number of anilines is 2.